The average Bonchev–Trinajstić information content (AvgIpc) is 2.73. The summed E-state index contributed by atoms with van der Waals surface area (Å²) in [5.41, 5.74) is 9.24. The molecule has 0 aliphatic carbocycles. The minimum atomic E-state index is 0.659. The van der Waals surface area contributed by atoms with Crippen molar-refractivity contribution in [1.29, 1.82) is 0 Å². The van der Waals surface area contributed by atoms with E-state index < -0.39 is 0 Å². The van der Waals surface area contributed by atoms with Crippen LogP contribution in [-0.2, 0) is 0 Å². The van der Waals surface area contributed by atoms with Gasteiger partial charge in [-0.25, -0.2) is 0 Å². The molecule has 84 valence electrons. The highest BCUT2D eigenvalue weighted by Gasteiger charge is 2.07. The predicted octanol–water partition coefficient (Wildman–Crippen LogP) is 3.47. The SMILES string of the molecule is Nc1ccc(-c2c[nH]c3ccc(Cl)cc23)nc1. The summed E-state index contributed by atoms with van der Waals surface area (Å²) in [5.74, 6) is 0. The van der Waals surface area contributed by atoms with Crippen molar-refractivity contribution in [2.45, 2.75) is 0 Å². The van der Waals surface area contributed by atoms with Crippen LogP contribution in [0, 0.1) is 0 Å². The summed E-state index contributed by atoms with van der Waals surface area (Å²) in [6.45, 7) is 0. The van der Waals surface area contributed by atoms with Crippen molar-refractivity contribution < 1.29 is 0 Å². The van der Waals surface area contributed by atoms with Crippen LogP contribution in [0.15, 0.2) is 42.7 Å². The van der Waals surface area contributed by atoms with E-state index in [9.17, 15) is 0 Å². The Kier molecular flexibility index (Phi) is 2.27. The van der Waals surface area contributed by atoms with Crippen molar-refractivity contribution in [3.63, 3.8) is 0 Å². The quantitative estimate of drug-likeness (QED) is 0.688. The molecule has 2 heterocycles. The van der Waals surface area contributed by atoms with E-state index in [4.69, 9.17) is 17.3 Å². The summed E-state index contributed by atoms with van der Waals surface area (Å²) in [6.07, 6.45) is 3.58. The van der Waals surface area contributed by atoms with Gasteiger partial charge in [-0.1, -0.05) is 11.6 Å². The number of benzene rings is 1. The van der Waals surface area contributed by atoms with Gasteiger partial charge in [-0.15, -0.1) is 0 Å². The van der Waals surface area contributed by atoms with Gasteiger partial charge in [-0.05, 0) is 30.3 Å². The highest BCUT2D eigenvalue weighted by atomic mass is 35.5. The van der Waals surface area contributed by atoms with Crippen molar-refractivity contribution in [3.05, 3.63) is 47.7 Å². The molecule has 0 amide bonds. The Hall–Kier alpha value is -2.00. The molecule has 3 N–H and O–H groups in total. The Balaban J connectivity index is 2.23. The zero-order valence-corrected chi connectivity index (χ0v) is 9.70. The number of aromatic nitrogens is 2. The normalized spacial score (nSPS) is 10.9. The molecule has 3 rings (SSSR count). The summed E-state index contributed by atoms with van der Waals surface area (Å²) in [6, 6.07) is 9.49. The van der Waals surface area contributed by atoms with E-state index in [2.05, 4.69) is 9.97 Å². The molecule has 0 fully saturated rings. The van der Waals surface area contributed by atoms with Crippen molar-refractivity contribution >= 4 is 28.2 Å². The maximum atomic E-state index is 6.01. The largest absolute Gasteiger partial charge is 0.397 e. The fourth-order valence-corrected chi connectivity index (χ4v) is 2.04. The predicted molar refractivity (Wildman–Crippen MR) is 71.0 cm³/mol. The molecular weight excluding hydrogens is 234 g/mol. The van der Waals surface area contributed by atoms with Crippen molar-refractivity contribution in [3.8, 4) is 11.3 Å². The topological polar surface area (TPSA) is 54.7 Å². The fraction of sp³-hybridized carbons (Fsp3) is 0. The number of H-pyrrole nitrogens is 1. The molecule has 0 aliphatic heterocycles. The van der Waals surface area contributed by atoms with Crippen molar-refractivity contribution in [2.75, 3.05) is 5.73 Å². The summed E-state index contributed by atoms with van der Waals surface area (Å²) in [4.78, 5) is 7.51. The first-order chi connectivity index (χ1) is 8.24. The first-order valence-corrected chi connectivity index (χ1v) is 5.60. The first kappa shape index (κ1) is 10.2. The second kappa shape index (κ2) is 3.79. The van der Waals surface area contributed by atoms with Crippen molar-refractivity contribution in [1.82, 2.24) is 9.97 Å². The number of aromatic amines is 1. The zero-order valence-electron chi connectivity index (χ0n) is 8.94. The molecule has 0 saturated heterocycles. The molecule has 3 nitrogen and oxygen atoms in total. The Morgan fingerprint density at radius 3 is 2.82 bits per heavy atom. The molecule has 1 aromatic carbocycles. The van der Waals surface area contributed by atoms with E-state index in [1.54, 1.807) is 6.20 Å². The second-order valence-electron chi connectivity index (χ2n) is 3.87. The molecule has 0 saturated carbocycles. The van der Waals surface area contributed by atoms with Gasteiger partial charge in [0.25, 0.3) is 0 Å². The van der Waals surface area contributed by atoms with Crippen LogP contribution in [0.4, 0.5) is 5.69 Å². The number of fused-ring (bicyclic) bond motifs is 1. The average molecular weight is 244 g/mol. The monoisotopic (exact) mass is 243 g/mol. The lowest BCUT2D eigenvalue weighted by atomic mass is 10.1. The molecule has 3 aromatic rings. The molecule has 0 bridgehead atoms. The molecule has 0 spiro atoms. The van der Waals surface area contributed by atoms with Gasteiger partial charge in [0.2, 0.25) is 0 Å². The van der Waals surface area contributed by atoms with E-state index >= 15 is 0 Å². The summed E-state index contributed by atoms with van der Waals surface area (Å²) < 4.78 is 0. The van der Waals surface area contributed by atoms with Crippen LogP contribution in [0.2, 0.25) is 5.02 Å². The first-order valence-electron chi connectivity index (χ1n) is 5.22. The Morgan fingerprint density at radius 2 is 2.06 bits per heavy atom. The van der Waals surface area contributed by atoms with Crippen LogP contribution in [0.5, 0.6) is 0 Å². The number of nitrogens with one attached hydrogen (secondary N) is 1. The lowest BCUT2D eigenvalue weighted by molar-refractivity contribution is 1.33. The summed E-state index contributed by atoms with van der Waals surface area (Å²) in [5, 5.41) is 1.78. The standard InChI is InChI=1S/C13H10ClN3/c14-8-1-3-12-10(5-8)11(7-17-12)13-4-2-9(15)6-16-13/h1-7,17H,15H2. The number of hydrogen-bond donors (Lipinski definition) is 2. The third-order valence-electron chi connectivity index (χ3n) is 2.71. The van der Waals surface area contributed by atoms with E-state index in [1.165, 1.54) is 0 Å². The van der Waals surface area contributed by atoms with Gasteiger partial charge in [0.15, 0.2) is 0 Å². The Labute approximate surface area is 103 Å². The minimum absolute atomic E-state index is 0.659. The maximum Gasteiger partial charge on any atom is 0.0725 e. The van der Waals surface area contributed by atoms with Gasteiger partial charge < -0.3 is 10.7 Å². The van der Waals surface area contributed by atoms with Crippen LogP contribution in [0.1, 0.15) is 0 Å². The van der Waals surface area contributed by atoms with Crippen LogP contribution in [-0.4, -0.2) is 9.97 Å². The van der Waals surface area contributed by atoms with Crippen LogP contribution in [0.25, 0.3) is 22.2 Å². The Bertz CT molecular complexity index is 671. The third-order valence-corrected chi connectivity index (χ3v) is 2.94. The zero-order chi connectivity index (χ0) is 11.8. The molecule has 0 unspecified atom stereocenters. The molecule has 0 radical (unpaired) electrons. The number of rotatable bonds is 1. The minimum Gasteiger partial charge on any atom is -0.397 e. The van der Waals surface area contributed by atoms with Crippen LogP contribution in [0.3, 0.4) is 0 Å². The molecular formula is C13H10ClN3. The number of nitrogens with zero attached hydrogens (tertiary/aromatic N) is 1. The van der Waals surface area contributed by atoms with Crippen LogP contribution < -0.4 is 5.73 Å². The van der Waals surface area contributed by atoms with E-state index in [1.807, 2.05) is 36.5 Å². The number of anilines is 1. The molecule has 2 aromatic heterocycles. The van der Waals surface area contributed by atoms with Gasteiger partial charge >= 0.3 is 0 Å². The van der Waals surface area contributed by atoms with Gasteiger partial charge in [0.05, 0.1) is 17.6 Å². The van der Waals surface area contributed by atoms with Gasteiger partial charge in [0, 0.05) is 27.7 Å². The molecule has 0 atom stereocenters. The van der Waals surface area contributed by atoms with E-state index in [-0.39, 0.29) is 0 Å². The number of nitrogen functional groups attached to an aromatic ring is 1. The lowest BCUT2D eigenvalue weighted by Crippen LogP contribution is -1.87. The fourth-order valence-electron chi connectivity index (χ4n) is 1.87. The smallest absolute Gasteiger partial charge is 0.0725 e. The van der Waals surface area contributed by atoms with Gasteiger partial charge in [-0.2, -0.15) is 0 Å². The number of hydrogen-bond acceptors (Lipinski definition) is 2. The number of nitrogens with two attached hydrogens (primary N) is 1. The third kappa shape index (κ3) is 1.74. The van der Waals surface area contributed by atoms with Gasteiger partial charge in [-0.3, -0.25) is 4.98 Å². The molecule has 0 aliphatic rings. The van der Waals surface area contributed by atoms with Gasteiger partial charge in [0.1, 0.15) is 0 Å². The van der Waals surface area contributed by atoms with Crippen LogP contribution >= 0.6 is 11.6 Å². The van der Waals surface area contributed by atoms with Crippen molar-refractivity contribution in [2.24, 2.45) is 0 Å². The molecule has 4 heteroatoms. The highest BCUT2D eigenvalue weighted by Crippen LogP contribution is 2.29. The van der Waals surface area contributed by atoms with E-state index in [0.29, 0.717) is 10.7 Å². The lowest BCUT2D eigenvalue weighted by Gasteiger charge is -1.99. The number of halogens is 1. The number of pyridine rings is 1. The Morgan fingerprint density at radius 1 is 1.18 bits per heavy atom. The molecule has 17 heavy (non-hydrogen) atoms. The van der Waals surface area contributed by atoms with E-state index in [0.717, 1.165) is 22.2 Å². The highest BCUT2D eigenvalue weighted by molar-refractivity contribution is 6.31. The second-order valence-corrected chi connectivity index (χ2v) is 4.31. The maximum absolute atomic E-state index is 6.01. The summed E-state index contributed by atoms with van der Waals surface area (Å²) in [7, 11) is 0. The summed E-state index contributed by atoms with van der Waals surface area (Å²) >= 11 is 6.01.